The molecule has 0 saturated carbocycles. The molecule has 0 aliphatic heterocycles. The van der Waals surface area contributed by atoms with Gasteiger partial charge in [0.05, 0.1) is 6.21 Å². The Balaban J connectivity index is 2.06. The average molecular weight is 291 g/mol. The van der Waals surface area contributed by atoms with Crippen LogP contribution in [0.1, 0.15) is 5.56 Å². The Hall–Kier alpha value is -3.14. The van der Waals surface area contributed by atoms with Crippen LogP contribution < -0.4 is 0 Å². The number of hydrogen-bond donors (Lipinski definition) is 0. The molecule has 22 heavy (non-hydrogen) atoms. The van der Waals surface area contributed by atoms with Crippen LogP contribution in [0.2, 0.25) is 0 Å². The lowest BCUT2D eigenvalue weighted by molar-refractivity contribution is -0.267. The van der Waals surface area contributed by atoms with Crippen molar-refractivity contribution in [3.8, 4) is 0 Å². The molecule has 0 saturated heterocycles. The zero-order valence-corrected chi connectivity index (χ0v) is 11.7. The van der Waals surface area contributed by atoms with Crippen molar-refractivity contribution in [3.05, 3.63) is 72.8 Å². The third kappa shape index (κ3) is 2.67. The first kappa shape index (κ1) is 13.8. The van der Waals surface area contributed by atoms with Crippen LogP contribution in [0.4, 0.5) is 0 Å². The van der Waals surface area contributed by atoms with Gasteiger partial charge in [0.2, 0.25) is 0 Å². The maximum Gasteiger partial charge on any atom is 0.381 e. The second-order valence-corrected chi connectivity index (χ2v) is 4.65. The van der Waals surface area contributed by atoms with E-state index in [0.29, 0.717) is 0 Å². The number of benzene rings is 3. The lowest BCUT2D eigenvalue weighted by Gasteiger charge is -2.07. The summed E-state index contributed by atoms with van der Waals surface area (Å²) in [6, 6.07) is 18.1. The molecule has 0 radical (unpaired) electrons. The lowest BCUT2D eigenvalue weighted by atomic mass is 9.97. The maximum atomic E-state index is 10.9. The Kier molecular flexibility index (Phi) is 3.83. The van der Waals surface area contributed by atoms with E-state index in [2.05, 4.69) is 27.7 Å². The van der Waals surface area contributed by atoms with E-state index >= 15 is 0 Å². The number of oxime groups is 1. The van der Waals surface area contributed by atoms with Gasteiger partial charge in [-0.15, -0.1) is 0 Å². The largest absolute Gasteiger partial charge is 0.381 e. The van der Waals surface area contributed by atoms with Gasteiger partial charge in [0, 0.05) is 11.6 Å². The van der Waals surface area contributed by atoms with Crippen molar-refractivity contribution in [2.75, 3.05) is 0 Å². The van der Waals surface area contributed by atoms with E-state index < -0.39 is 5.97 Å². The summed E-state index contributed by atoms with van der Waals surface area (Å²) in [5.74, 6) is -0.695. The normalized spacial score (nSPS) is 10.9. The average Bonchev–Trinajstić information content (AvgIpc) is 2.57. The minimum absolute atomic E-state index is 0.695. The standard InChI is InChI=1S/C18H13NO3/c1-2-18(20)21-22-19-12-17-15-9-5-3-7-13(15)11-14-8-4-6-10-16(14)17/h2-12H,1H2/b19-12+. The predicted octanol–water partition coefficient (Wildman–Crippen LogP) is 3.99. The number of carbonyl (C=O) groups is 1. The summed E-state index contributed by atoms with van der Waals surface area (Å²) in [6.07, 6.45) is 2.55. The van der Waals surface area contributed by atoms with Crippen LogP contribution in [0.25, 0.3) is 21.5 Å². The summed E-state index contributed by atoms with van der Waals surface area (Å²) in [5, 5.41) is 8.01. The molecule has 3 aromatic carbocycles. The molecule has 0 amide bonds. The highest BCUT2D eigenvalue weighted by Gasteiger charge is 2.05. The van der Waals surface area contributed by atoms with Crippen LogP contribution in [0.15, 0.2) is 72.4 Å². The third-order valence-corrected chi connectivity index (χ3v) is 3.32. The number of carbonyl (C=O) groups excluding carboxylic acids is 1. The van der Waals surface area contributed by atoms with Gasteiger partial charge in [-0.3, -0.25) is 0 Å². The van der Waals surface area contributed by atoms with Crippen molar-refractivity contribution in [2.24, 2.45) is 5.16 Å². The molecule has 108 valence electrons. The number of hydrogen-bond acceptors (Lipinski definition) is 4. The van der Waals surface area contributed by atoms with Crippen LogP contribution >= 0.6 is 0 Å². The number of fused-ring (bicyclic) bond motifs is 2. The van der Waals surface area contributed by atoms with Gasteiger partial charge in [0.25, 0.3) is 0 Å². The molecule has 0 atom stereocenters. The summed E-state index contributed by atoms with van der Waals surface area (Å²) < 4.78 is 0. The van der Waals surface area contributed by atoms with Gasteiger partial charge in [0.1, 0.15) is 0 Å². The quantitative estimate of drug-likeness (QED) is 0.240. The van der Waals surface area contributed by atoms with Gasteiger partial charge < -0.3 is 0 Å². The predicted molar refractivity (Wildman–Crippen MR) is 86.4 cm³/mol. The van der Waals surface area contributed by atoms with Gasteiger partial charge in [-0.2, -0.15) is 4.99 Å². The summed E-state index contributed by atoms with van der Waals surface area (Å²) in [6.45, 7) is 3.27. The first-order chi connectivity index (χ1) is 10.8. The molecule has 0 unspecified atom stereocenters. The molecule has 0 heterocycles. The molecule has 4 heteroatoms. The van der Waals surface area contributed by atoms with E-state index in [1.807, 2.05) is 48.5 Å². The fourth-order valence-corrected chi connectivity index (χ4v) is 2.35. The Morgan fingerprint density at radius 2 is 1.59 bits per heavy atom. The lowest BCUT2D eigenvalue weighted by Crippen LogP contribution is -1.98. The number of rotatable bonds is 4. The second-order valence-electron chi connectivity index (χ2n) is 4.65. The molecule has 0 bridgehead atoms. The Labute approximate surface area is 127 Å². The third-order valence-electron chi connectivity index (χ3n) is 3.32. The fourth-order valence-electron chi connectivity index (χ4n) is 2.35. The highest BCUT2D eigenvalue weighted by molar-refractivity contribution is 6.13. The zero-order valence-electron chi connectivity index (χ0n) is 11.7. The van der Waals surface area contributed by atoms with Crippen molar-refractivity contribution < 1.29 is 14.7 Å². The van der Waals surface area contributed by atoms with Crippen molar-refractivity contribution in [3.63, 3.8) is 0 Å². The van der Waals surface area contributed by atoms with E-state index in [1.165, 1.54) is 0 Å². The van der Waals surface area contributed by atoms with Crippen LogP contribution in [0.5, 0.6) is 0 Å². The van der Waals surface area contributed by atoms with Crippen molar-refractivity contribution in [1.82, 2.24) is 0 Å². The molecule has 0 N–H and O–H groups in total. The van der Waals surface area contributed by atoms with E-state index in [4.69, 9.17) is 0 Å². The topological polar surface area (TPSA) is 47.9 Å². The molecule has 0 spiro atoms. The molecule has 0 aromatic heterocycles. The molecule has 0 aliphatic rings. The zero-order chi connectivity index (χ0) is 15.4. The summed E-state index contributed by atoms with van der Waals surface area (Å²) >= 11 is 0. The second kappa shape index (κ2) is 6.10. The molecular weight excluding hydrogens is 278 g/mol. The van der Waals surface area contributed by atoms with Gasteiger partial charge in [0.15, 0.2) is 0 Å². The first-order valence-electron chi connectivity index (χ1n) is 6.73. The monoisotopic (exact) mass is 291 g/mol. The Bertz CT molecular complexity index is 830. The summed E-state index contributed by atoms with van der Waals surface area (Å²) in [5.41, 5.74) is 0.906. The number of nitrogens with zero attached hydrogens (tertiary/aromatic N) is 1. The first-order valence-corrected chi connectivity index (χ1v) is 6.73. The molecule has 0 fully saturated rings. The Morgan fingerprint density at radius 3 is 2.18 bits per heavy atom. The highest BCUT2D eigenvalue weighted by atomic mass is 17.3. The van der Waals surface area contributed by atoms with Crippen LogP contribution in [-0.2, 0) is 14.7 Å². The van der Waals surface area contributed by atoms with Crippen LogP contribution in [0, 0.1) is 0 Å². The van der Waals surface area contributed by atoms with E-state index in [1.54, 1.807) is 6.21 Å². The van der Waals surface area contributed by atoms with Gasteiger partial charge in [-0.1, -0.05) is 55.1 Å². The molecule has 3 rings (SSSR count). The van der Waals surface area contributed by atoms with Gasteiger partial charge >= 0.3 is 5.97 Å². The summed E-state index contributed by atoms with van der Waals surface area (Å²) in [4.78, 5) is 19.8. The summed E-state index contributed by atoms with van der Waals surface area (Å²) in [7, 11) is 0. The highest BCUT2D eigenvalue weighted by Crippen LogP contribution is 2.27. The molecule has 4 nitrogen and oxygen atoms in total. The van der Waals surface area contributed by atoms with Crippen molar-refractivity contribution in [2.45, 2.75) is 0 Å². The van der Waals surface area contributed by atoms with Crippen molar-refractivity contribution in [1.29, 1.82) is 0 Å². The minimum Gasteiger partial charge on any atom is -0.242 e. The van der Waals surface area contributed by atoms with Crippen LogP contribution in [-0.4, -0.2) is 12.2 Å². The van der Waals surface area contributed by atoms with E-state index in [0.717, 1.165) is 33.2 Å². The fraction of sp³-hybridized carbons (Fsp3) is 0. The van der Waals surface area contributed by atoms with E-state index in [-0.39, 0.29) is 0 Å². The Morgan fingerprint density at radius 1 is 1.00 bits per heavy atom. The maximum absolute atomic E-state index is 10.9. The van der Waals surface area contributed by atoms with Crippen molar-refractivity contribution >= 4 is 33.7 Å². The molecule has 3 aromatic rings. The van der Waals surface area contributed by atoms with Gasteiger partial charge in [-0.05, 0) is 32.8 Å². The van der Waals surface area contributed by atoms with E-state index in [9.17, 15) is 4.79 Å². The van der Waals surface area contributed by atoms with Crippen LogP contribution in [0.3, 0.4) is 0 Å². The smallest absolute Gasteiger partial charge is 0.242 e. The molecular formula is C18H13NO3. The SMILES string of the molecule is C=CC(=O)OO/N=C/c1c2ccccc2cc2ccccc12. The minimum atomic E-state index is -0.695. The molecule has 0 aliphatic carbocycles. The van der Waals surface area contributed by atoms with Gasteiger partial charge in [-0.25, -0.2) is 9.68 Å².